The fourth-order valence-corrected chi connectivity index (χ4v) is 3.85. The first-order chi connectivity index (χ1) is 15.1. The molecule has 162 valence electrons. The van der Waals surface area contributed by atoms with Gasteiger partial charge in [0.25, 0.3) is 0 Å². The number of likely N-dealkylation sites (tertiary alicyclic amines) is 1. The first kappa shape index (κ1) is 20.8. The van der Waals surface area contributed by atoms with Gasteiger partial charge in [0.05, 0.1) is 12.4 Å². The maximum atomic E-state index is 13.1. The van der Waals surface area contributed by atoms with E-state index in [0.717, 1.165) is 31.0 Å². The number of piperidine rings is 1. The number of pyridine rings is 1. The number of halogens is 1. The summed E-state index contributed by atoms with van der Waals surface area (Å²) >= 11 is 0. The minimum Gasteiger partial charge on any atom is -0.439 e. The zero-order chi connectivity index (χ0) is 21.6. The number of benzene rings is 1. The molecule has 7 nitrogen and oxygen atoms in total. The van der Waals surface area contributed by atoms with Crippen molar-refractivity contribution >= 4 is 5.96 Å². The van der Waals surface area contributed by atoms with E-state index in [0.29, 0.717) is 30.1 Å². The van der Waals surface area contributed by atoms with Gasteiger partial charge in [0.1, 0.15) is 11.6 Å². The Morgan fingerprint density at radius 3 is 2.84 bits per heavy atom. The van der Waals surface area contributed by atoms with Crippen LogP contribution in [0.15, 0.2) is 66.3 Å². The van der Waals surface area contributed by atoms with Crippen LogP contribution >= 0.6 is 0 Å². The quantitative estimate of drug-likeness (QED) is 0.499. The number of aliphatic imine (C=N–C) groups is 1. The lowest BCUT2D eigenvalue weighted by Crippen LogP contribution is -2.48. The van der Waals surface area contributed by atoms with Crippen LogP contribution in [0.1, 0.15) is 24.9 Å². The van der Waals surface area contributed by atoms with Gasteiger partial charge in [-0.15, -0.1) is 0 Å². The van der Waals surface area contributed by atoms with Crippen LogP contribution in [0, 0.1) is 11.7 Å². The molecule has 2 unspecified atom stereocenters. The lowest BCUT2D eigenvalue weighted by Gasteiger charge is -2.39. The standard InChI is InChI=1S/C23H27FN6O/c1-17-8-11-29(15-21(17)30-12-10-26-16-30)23(25-2)28-14-18-7-9-27-22(13-18)31-20-5-3-19(24)4-6-20/h3-7,9-10,12-13,16-17,21H,8,11,14-15H2,1-2H3,(H,25,28). The Morgan fingerprint density at radius 1 is 1.26 bits per heavy atom. The number of rotatable bonds is 5. The van der Waals surface area contributed by atoms with E-state index >= 15 is 0 Å². The van der Waals surface area contributed by atoms with E-state index in [2.05, 4.69) is 36.7 Å². The molecule has 0 amide bonds. The molecule has 1 aliphatic rings. The number of imidazole rings is 1. The third kappa shape index (κ3) is 5.20. The molecule has 2 aromatic heterocycles. The summed E-state index contributed by atoms with van der Waals surface area (Å²) in [5, 5.41) is 3.45. The number of ether oxygens (including phenoxy) is 1. The molecule has 0 radical (unpaired) electrons. The molecule has 8 heteroatoms. The highest BCUT2D eigenvalue weighted by Crippen LogP contribution is 2.27. The van der Waals surface area contributed by atoms with Crippen molar-refractivity contribution in [3.05, 3.63) is 72.7 Å². The maximum Gasteiger partial charge on any atom is 0.219 e. The summed E-state index contributed by atoms with van der Waals surface area (Å²) in [5.74, 6) is 2.16. The smallest absolute Gasteiger partial charge is 0.219 e. The molecule has 3 aromatic rings. The number of guanidine groups is 1. The first-order valence-electron chi connectivity index (χ1n) is 10.4. The molecule has 1 N–H and O–H groups in total. The van der Waals surface area contributed by atoms with E-state index < -0.39 is 0 Å². The molecule has 0 bridgehead atoms. The van der Waals surface area contributed by atoms with E-state index in [1.807, 2.05) is 37.9 Å². The van der Waals surface area contributed by atoms with Gasteiger partial charge in [0.15, 0.2) is 5.96 Å². The van der Waals surface area contributed by atoms with Gasteiger partial charge in [-0.3, -0.25) is 4.99 Å². The van der Waals surface area contributed by atoms with Crippen molar-refractivity contribution in [3.8, 4) is 11.6 Å². The molecule has 0 spiro atoms. The van der Waals surface area contributed by atoms with Crippen molar-refractivity contribution in [1.82, 2.24) is 24.8 Å². The summed E-state index contributed by atoms with van der Waals surface area (Å²) in [5.41, 5.74) is 1.02. The maximum absolute atomic E-state index is 13.1. The number of aromatic nitrogens is 3. The van der Waals surface area contributed by atoms with Crippen molar-refractivity contribution < 1.29 is 9.13 Å². The average Bonchev–Trinajstić information content (AvgIpc) is 3.32. The normalized spacial score (nSPS) is 19.3. The van der Waals surface area contributed by atoms with E-state index in [9.17, 15) is 4.39 Å². The van der Waals surface area contributed by atoms with Crippen molar-refractivity contribution in [3.63, 3.8) is 0 Å². The van der Waals surface area contributed by atoms with Gasteiger partial charge < -0.3 is 19.5 Å². The van der Waals surface area contributed by atoms with Gasteiger partial charge in [-0.25, -0.2) is 14.4 Å². The van der Waals surface area contributed by atoms with Crippen LogP contribution in [-0.2, 0) is 6.54 Å². The third-order valence-electron chi connectivity index (χ3n) is 5.62. The second-order valence-electron chi connectivity index (χ2n) is 7.75. The van der Waals surface area contributed by atoms with Crippen LogP contribution in [0.3, 0.4) is 0 Å². The summed E-state index contributed by atoms with van der Waals surface area (Å²) in [6.07, 6.45) is 8.54. The Balaban J connectivity index is 1.38. The average molecular weight is 423 g/mol. The molecule has 1 aliphatic heterocycles. The van der Waals surface area contributed by atoms with Gasteiger partial charge in [-0.05, 0) is 48.2 Å². The van der Waals surface area contributed by atoms with E-state index in [4.69, 9.17) is 4.74 Å². The molecule has 1 saturated heterocycles. The predicted molar refractivity (Wildman–Crippen MR) is 118 cm³/mol. The van der Waals surface area contributed by atoms with Crippen LogP contribution in [0.25, 0.3) is 0 Å². The van der Waals surface area contributed by atoms with Gasteiger partial charge in [-0.1, -0.05) is 6.92 Å². The highest BCUT2D eigenvalue weighted by molar-refractivity contribution is 5.80. The molecule has 31 heavy (non-hydrogen) atoms. The molecule has 0 aliphatic carbocycles. The highest BCUT2D eigenvalue weighted by atomic mass is 19.1. The third-order valence-corrected chi connectivity index (χ3v) is 5.62. The van der Waals surface area contributed by atoms with Crippen LogP contribution in [0.4, 0.5) is 4.39 Å². The molecular formula is C23H27FN6O. The van der Waals surface area contributed by atoms with Gasteiger partial charge in [-0.2, -0.15) is 0 Å². The minimum atomic E-state index is -0.299. The van der Waals surface area contributed by atoms with Crippen molar-refractivity contribution in [1.29, 1.82) is 0 Å². The Kier molecular flexibility index (Phi) is 6.45. The predicted octanol–water partition coefficient (Wildman–Crippen LogP) is 3.87. The Bertz CT molecular complexity index is 1010. The highest BCUT2D eigenvalue weighted by Gasteiger charge is 2.28. The Hall–Kier alpha value is -3.42. The van der Waals surface area contributed by atoms with Crippen LogP contribution in [0.5, 0.6) is 11.6 Å². The second-order valence-corrected chi connectivity index (χ2v) is 7.75. The second kappa shape index (κ2) is 9.59. The summed E-state index contributed by atoms with van der Waals surface area (Å²) in [6, 6.07) is 10.1. The Labute approximate surface area is 181 Å². The molecule has 3 heterocycles. The van der Waals surface area contributed by atoms with Gasteiger partial charge in [0.2, 0.25) is 5.88 Å². The summed E-state index contributed by atoms with van der Waals surface area (Å²) in [4.78, 5) is 15.2. The molecule has 1 aromatic carbocycles. The van der Waals surface area contributed by atoms with E-state index in [1.54, 1.807) is 18.3 Å². The van der Waals surface area contributed by atoms with Crippen LogP contribution in [-0.4, -0.2) is 45.5 Å². The van der Waals surface area contributed by atoms with Crippen LogP contribution in [0.2, 0.25) is 0 Å². The monoisotopic (exact) mass is 422 g/mol. The fraction of sp³-hybridized carbons (Fsp3) is 0.348. The van der Waals surface area contributed by atoms with Crippen molar-refractivity contribution in [2.45, 2.75) is 25.9 Å². The molecule has 2 atom stereocenters. The van der Waals surface area contributed by atoms with Gasteiger partial charge >= 0.3 is 0 Å². The number of nitrogens with one attached hydrogen (secondary N) is 1. The molecule has 0 saturated carbocycles. The topological polar surface area (TPSA) is 67.6 Å². The lowest BCUT2D eigenvalue weighted by atomic mass is 9.93. The SMILES string of the molecule is CN=C(NCc1ccnc(Oc2ccc(F)cc2)c1)N1CCC(C)C(n2ccnc2)C1. The van der Waals surface area contributed by atoms with Crippen molar-refractivity contribution in [2.24, 2.45) is 10.9 Å². The number of nitrogens with zero attached hydrogens (tertiary/aromatic N) is 5. The molecular weight excluding hydrogens is 395 g/mol. The first-order valence-corrected chi connectivity index (χ1v) is 10.4. The number of hydrogen-bond donors (Lipinski definition) is 1. The fourth-order valence-electron chi connectivity index (χ4n) is 3.85. The minimum absolute atomic E-state index is 0.299. The largest absolute Gasteiger partial charge is 0.439 e. The Morgan fingerprint density at radius 2 is 2.10 bits per heavy atom. The van der Waals surface area contributed by atoms with E-state index in [-0.39, 0.29) is 5.82 Å². The van der Waals surface area contributed by atoms with Gasteiger partial charge in [0, 0.05) is 51.3 Å². The molecule has 1 fully saturated rings. The van der Waals surface area contributed by atoms with E-state index in [1.165, 1.54) is 12.1 Å². The lowest BCUT2D eigenvalue weighted by molar-refractivity contribution is 0.189. The summed E-state index contributed by atoms with van der Waals surface area (Å²) < 4.78 is 21.0. The summed E-state index contributed by atoms with van der Waals surface area (Å²) in [7, 11) is 1.81. The molecule has 4 rings (SSSR count). The zero-order valence-electron chi connectivity index (χ0n) is 17.8. The summed E-state index contributed by atoms with van der Waals surface area (Å²) in [6.45, 7) is 4.72. The zero-order valence-corrected chi connectivity index (χ0v) is 17.8. The van der Waals surface area contributed by atoms with Crippen LogP contribution < -0.4 is 10.1 Å². The van der Waals surface area contributed by atoms with Crippen molar-refractivity contribution in [2.75, 3.05) is 20.1 Å². The number of hydrogen-bond acceptors (Lipinski definition) is 4.